The molecule has 1 aromatic heterocycles. The molecule has 13 heavy (non-hydrogen) atoms. The maximum atomic E-state index is 5.47. The van der Waals surface area contributed by atoms with Crippen LogP contribution >= 0.6 is 0 Å². The summed E-state index contributed by atoms with van der Waals surface area (Å²) >= 11 is 0. The van der Waals surface area contributed by atoms with E-state index in [9.17, 15) is 0 Å². The van der Waals surface area contributed by atoms with Crippen molar-refractivity contribution in [3.63, 3.8) is 0 Å². The van der Waals surface area contributed by atoms with E-state index in [0.29, 0.717) is 0 Å². The Morgan fingerprint density at radius 2 is 2.31 bits per heavy atom. The van der Waals surface area contributed by atoms with Crippen LogP contribution in [0.2, 0.25) is 0 Å². The highest BCUT2D eigenvalue weighted by Gasteiger charge is 2.07. The van der Waals surface area contributed by atoms with E-state index >= 15 is 0 Å². The first-order chi connectivity index (χ1) is 6.24. The van der Waals surface area contributed by atoms with Crippen molar-refractivity contribution < 1.29 is 9.15 Å². The molecule has 0 bridgehead atoms. The van der Waals surface area contributed by atoms with Gasteiger partial charge >= 0.3 is 0 Å². The molecule has 0 aliphatic rings. The molecule has 0 spiro atoms. The van der Waals surface area contributed by atoms with Gasteiger partial charge in [0, 0.05) is 13.7 Å². The molecule has 0 aliphatic carbocycles. The molecule has 0 fully saturated rings. The molecule has 1 atom stereocenters. The first-order valence-corrected chi connectivity index (χ1v) is 4.52. The van der Waals surface area contributed by atoms with Gasteiger partial charge in [-0.1, -0.05) is 0 Å². The monoisotopic (exact) mass is 183 g/mol. The third-order valence-corrected chi connectivity index (χ3v) is 1.94. The lowest BCUT2D eigenvalue weighted by atomic mass is 10.2. The normalized spacial score (nSPS) is 13.2. The molecule has 0 aromatic carbocycles. The highest BCUT2D eigenvalue weighted by atomic mass is 16.5. The van der Waals surface area contributed by atoms with Crippen LogP contribution in [0.1, 0.15) is 24.5 Å². The fourth-order valence-corrected chi connectivity index (χ4v) is 1.16. The second kappa shape index (κ2) is 5.04. The van der Waals surface area contributed by atoms with E-state index in [4.69, 9.17) is 9.15 Å². The Labute approximate surface area is 79.1 Å². The number of furan rings is 1. The maximum Gasteiger partial charge on any atom is 0.120 e. The number of nitrogens with one attached hydrogen (secondary N) is 1. The van der Waals surface area contributed by atoms with Crippen molar-refractivity contribution in [1.82, 2.24) is 5.32 Å². The second-order valence-electron chi connectivity index (χ2n) is 3.12. The largest absolute Gasteiger partial charge is 0.465 e. The zero-order valence-electron chi connectivity index (χ0n) is 8.46. The fraction of sp³-hybridized carbons (Fsp3) is 0.600. The molecular formula is C10H17NO2. The minimum absolute atomic E-state index is 0.254. The molecule has 0 saturated heterocycles. The van der Waals surface area contributed by atoms with Crippen molar-refractivity contribution in [2.45, 2.75) is 19.9 Å². The van der Waals surface area contributed by atoms with Gasteiger partial charge in [0.1, 0.15) is 11.5 Å². The van der Waals surface area contributed by atoms with E-state index in [1.165, 1.54) is 0 Å². The number of rotatable bonds is 5. The summed E-state index contributed by atoms with van der Waals surface area (Å²) in [5.74, 6) is 1.93. The van der Waals surface area contributed by atoms with Gasteiger partial charge in [0.25, 0.3) is 0 Å². The van der Waals surface area contributed by atoms with Crippen LogP contribution < -0.4 is 5.32 Å². The van der Waals surface area contributed by atoms with Gasteiger partial charge in [-0.05, 0) is 26.0 Å². The van der Waals surface area contributed by atoms with Gasteiger partial charge < -0.3 is 14.5 Å². The average Bonchev–Trinajstić information content (AvgIpc) is 2.52. The van der Waals surface area contributed by atoms with Gasteiger partial charge in [0.15, 0.2) is 0 Å². The highest BCUT2D eigenvalue weighted by Crippen LogP contribution is 2.14. The summed E-state index contributed by atoms with van der Waals surface area (Å²) in [6, 6.07) is 4.23. The molecule has 3 heteroatoms. The first kappa shape index (κ1) is 10.3. The molecule has 3 nitrogen and oxygen atoms in total. The SMILES string of the molecule is COCCNC(C)c1ccc(C)o1. The van der Waals surface area contributed by atoms with Gasteiger partial charge in [-0.2, -0.15) is 0 Å². The average molecular weight is 183 g/mol. The summed E-state index contributed by atoms with van der Waals surface area (Å²) in [4.78, 5) is 0. The second-order valence-corrected chi connectivity index (χ2v) is 3.12. The van der Waals surface area contributed by atoms with Crippen molar-refractivity contribution in [1.29, 1.82) is 0 Å². The smallest absolute Gasteiger partial charge is 0.120 e. The first-order valence-electron chi connectivity index (χ1n) is 4.52. The standard InChI is InChI=1S/C10H17NO2/c1-8-4-5-10(13-8)9(2)11-6-7-12-3/h4-5,9,11H,6-7H2,1-3H3. The number of hydrogen-bond acceptors (Lipinski definition) is 3. The summed E-state index contributed by atoms with van der Waals surface area (Å²) in [5.41, 5.74) is 0. The molecule has 0 aliphatic heterocycles. The third-order valence-electron chi connectivity index (χ3n) is 1.94. The van der Waals surface area contributed by atoms with Crippen LogP contribution in [0.25, 0.3) is 0 Å². The van der Waals surface area contributed by atoms with Gasteiger partial charge in [-0.15, -0.1) is 0 Å². The lowest BCUT2D eigenvalue weighted by molar-refractivity contribution is 0.195. The highest BCUT2D eigenvalue weighted by molar-refractivity contribution is 5.08. The Bertz CT molecular complexity index is 245. The van der Waals surface area contributed by atoms with E-state index in [0.717, 1.165) is 24.7 Å². The fourth-order valence-electron chi connectivity index (χ4n) is 1.16. The Morgan fingerprint density at radius 3 is 2.85 bits per heavy atom. The molecule has 1 rings (SSSR count). The van der Waals surface area contributed by atoms with Gasteiger partial charge in [0.2, 0.25) is 0 Å². The Kier molecular flexibility index (Phi) is 3.99. The molecule has 1 heterocycles. The van der Waals surface area contributed by atoms with E-state index in [2.05, 4.69) is 12.2 Å². The van der Waals surface area contributed by atoms with Crippen molar-refractivity contribution >= 4 is 0 Å². The lowest BCUT2D eigenvalue weighted by Gasteiger charge is -2.10. The van der Waals surface area contributed by atoms with Gasteiger partial charge in [0.05, 0.1) is 12.6 Å². The molecule has 0 amide bonds. The van der Waals surface area contributed by atoms with E-state index in [1.54, 1.807) is 7.11 Å². The topological polar surface area (TPSA) is 34.4 Å². The van der Waals surface area contributed by atoms with Gasteiger partial charge in [-0.25, -0.2) is 0 Å². The van der Waals surface area contributed by atoms with Crippen molar-refractivity contribution in [3.8, 4) is 0 Å². The zero-order valence-corrected chi connectivity index (χ0v) is 8.46. The van der Waals surface area contributed by atoms with Crippen LogP contribution in [0.3, 0.4) is 0 Å². The number of ether oxygens (including phenoxy) is 1. The minimum Gasteiger partial charge on any atom is -0.465 e. The summed E-state index contributed by atoms with van der Waals surface area (Å²) in [6.45, 7) is 5.60. The Balaban J connectivity index is 2.35. The predicted octanol–water partition coefficient (Wildman–Crippen LogP) is 1.89. The van der Waals surface area contributed by atoms with Crippen LogP contribution in [0.4, 0.5) is 0 Å². The van der Waals surface area contributed by atoms with E-state index in [1.807, 2.05) is 19.1 Å². The van der Waals surface area contributed by atoms with E-state index < -0.39 is 0 Å². The minimum atomic E-state index is 0.254. The van der Waals surface area contributed by atoms with Crippen LogP contribution in [0.15, 0.2) is 16.5 Å². The van der Waals surface area contributed by atoms with E-state index in [-0.39, 0.29) is 6.04 Å². The van der Waals surface area contributed by atoms with Gasteiger partial charge in [-0.3, -0.25) is 0 Å². The van der Waals surface area contributed by atoms with Crippen molar-refractivity contribution in [2.24, 2.45) is 0 Å². The Morgan fingerprint density at radius 1 is 1.54 bits per heavy atom. The summed E-state index contributed by atoms with van der Waals surface area (Å²) < 4.78 is 10.4. The molecule has 0 radical (unpaired) electrons. The number of aryl methyl sites for hydroxylation is 1. The van der Waals surface area contributed by atoms with Crippen LogP contribution in [0.5, 0.6) is 0 Å². The molecule has 1 N–H and O–H groups in total. The zero-order chi connectivity index (χ0) is 9.68. The van der Waals surface area contributed by atoms with Crippen LogP contribution in [0, 0.1) is 6.92 Å². The summed E-state index contributed by atoms with van der Waals surface area (Å²) in [5, 5.41) is 3.29. The predicted molar refractivity (Wildman–Crippen MR) is 51.7 cm³/mol. The molecular weight excluding hydrogens is 166 g/mol. The molecule has 1 aromatic rings. The number of hydrogen-bond donors (Lipinski definition) is 1. The molecule has 1 unspecified atom stereocenters. The summed E-state index contributed by atoms with van der Waals surface area (Å²) in [6.07, 6.45) is 0. The lowest BCUT2D eigenvalue weighted by Crippen LogP contribution is -2.22. The van der Waals surface area contributed by atoms with Crippen LogP contribution in [-0.4, -0.2) is 20.3 Å². The summed E-state index contributed by atoms with van der Waals surface area (Å²) in [7, 11) is 1.70. The van der Waals surface area contributed by atoms with Crippen molar-refractivity contribution in [2.75, 3.05) is 20.3 Å². The molecule has 0 saturated carbocycles. The molecule has 74 valence electrons. The third kappa shape index (κ3) is 3.20. The number of methoxy groups -OCH3 is 1. The van der Waals surface area contributed by atoms with Crippen molar-refractivity contribution in [3.05, 3.63) is 23.7 Å². The van der Waals surface area contributed by atoms with Crippen LogP contribution in [-0.2, 0) is 4.74 Å². The quantitative estimate of drug-likeness (QED) is 0.708. The maximum absolute atomic E-state index is 5.47. The Hall–Kier alpha value is -0.800.